The molecule has 0 N–H and O–H groups in total. The number of hydrogen-bond acceptors (Lipinski definition) is 7. The largest absolute Gasteiger partial charge is 0.492 e. The minimum atomic E-state index is -0.592. The normalized spacial score (nSPS) is 15.1. The molecular weight excluding hydrogens is 454 g/mol. The summed E-state index contributed by atoms with van der Waals surface area (Å²) < 4.78 is 12.7. The molecule has 1 unspecified atom stereocenters. The summed E-state index contributed by atoms with van der Waals surface area (Å²) in [6.07, 6.45) is 5.94. The van der Waals surface area contributed by atoms with E-state index in [2.05, 4.69) is 22.8 Å². The third-order valence-electron chi connectivity index (χ3n) is 5.49. The van der Waals surface area contributed by atoms with Gasteiger partial charge >= 0.3 is 5.97 Å². The Kier molecular flexibility index (Phi) is 8.35. The third kappa shape index (κ3) is 6.61. The number of nitrogens with zero attached hydrogens (tertiary/aromatic N) is 5. The van der Waals surface area contributed by atoms with Gasteiger partial charge in [-0.1, -0.05) is 18.2 Å². The van der Waals surface area contributed by atoms with Gasteiger partial charge in [0.25, 0.3) is 0 Å². The second kappa shape index (κ2) is 11.2. The second-order valence-corrected chi connectivity index (χ2v) is 8.84. The molecule has 34 heavy (non-hydrogen) atoms. The number of benzene rings is 1. The highest BCUT2D eigenvalue weighted by atomic mass is 35.5. The fraction of sp³-hybridized carbons (Fsp3) is 0.440. The van der Waals surface area contributed by atoms with Crippen molar-refractivity contribution in [2.24, 2.45) is 11.0 Å². The van der Waals surface area contributed by atoms with Crippen molar-refractivity contribution in [2.75, 3.05) is 20.3 Å². The topological polar surface area (TPSA) is 92.7 Å². The van der Waals surface area contributed by atoms with Crippen LogP contribution in [0.2, 0.25) is 5.02 Å². The highest BCUT2D eigenvalue weighted by molar-refractivity contribution is 6.32. The lowest BCUT2D eigenvalue weighted by Crippen LogP contribution is -2.35. The first-order chi connectivity index (χ1) is 16.2. The quantitative estimate of drug-likeness (QED) is 0.151. The maximum absolute atomic E-state index is 12.1. The molecule has 0 bridgehead atoms. The van der Waals surface area contributed by atoms with Crippen molar-refractivity contribution in [3.05, 3.63) is 47.2 Å². The summed E-state index contributed by atoms with van der Waals surface area (Å²) in [5.41, 5.74) is 2.32. The molecule has 8 nitrogen and oxygen atoms in total. The van der Waals surface area contributed by atoms with Crippen LogP contribution >= 0.6 is 11.6 Å². The van der Waals surface area contributed by atoms with Crippen LogP contribution in [0.5, 0.6) is 5.75 Å². The number of nitriles is 1. The molecule has 3 rings (SSSR count). The molecule has 0 amide bonds. The summed E-state index contributed by atoms with van der Waals surface area (Å²) in [5, 5.41) is 21.3. The SMILES string of the molecule is C=C(/C=C(\C)C#N)/C(Cn1cc2cc(OCC3CC3)c(Cl)cc2n1)=N\N(C)C(C)C(=O)OCC. The molecule has 1 heterocycles. The van der Waals surface area contributed by atoms with Crippen LogP contribution < -0.4 is 4.74 Å². The Hall–Kier alpha value is -3.31. The molecular formula is C25H30ClN5O3. The van der Waals surface area contributed by atoms with Crippen molar-refractivity contribution in [1.29, 1.82) is 5.26 Å². The summed E-state index contributed by atoms with van der Waals surface area (Å²) in [7, 11) is 1.69. The fourth-order valence-electron chi connectivity index (χ4n) is 3.18. The van der Waals surface area contributed by atoms with Crippen molar-refractivity contribution in [2.45, 2.75) is 46.2 Å². The van der Waals surface area contributed by atoms with Gasteiger partial charge in [0.05, 0.1) is 42.1 Å². The van der Waals surface area contributed by atoms with E-state index in [1.807, 2.05) is 12.3 Å². The van der Waals surface area contributed by atoms with E-state index in [0.29, 0.717) is 46.8 Å². The molecule has 0 spiro atoms. The van der Waals surface area contributed by atoms with Crippen molar-refractivity contribution in [1.82, 2.24) is 14.8 Å². The molecule has 1 aromatic heterocycles. The van der Waals surface area contributed by atoms with Crippen molar-refractivity contribution in [3.63, 3.8) is 0 Å². The van der Waals surface area contributed by atoms with Crippen LogP contribution in [0.15, 0.2) is 47.2 Å². The highest BCUT2D eigenvalue weighted by Crippen LogP contribution is 2.33. The zero-order valence-electron chi connectivity index (χ0n) is 20.0. The van der Waals surface area contributed by atoms with Crippen molar-refractivity contribution in [3.8, 4) is 11.8 Å². The van der Waals surface area contributed by atoms with Crippen molar-refractivity contribution < 1.29 is 14.3 Å². The Morgan fingerprint density at radius 2 is 2.24 bits per heavy atom. The lowest BCUT2D eigenvalue weighted by Gasteiger charge is -2.22. The van der Waals surface area contributed by atoms with Crippen LogP contribution in [0.3, 0.4) is 0 Å². The van der Waals surface area contributed by atoms with Crippen LogP contribution in [0, 0.1) is 17.2 Å². The Bertz CT molecular complexity index is 1170. The Balaban J connectivity index is 1.87. The van der Waals surface area contributed by atoms with E-state index in [0.717, 1.165) is 10.9 Å². The number of rotatable bonds is 11. The van der Waals surface area contributed by atoms with Gasteiger partial charge in [-0.3, -0.25) is 9.69 Å². The van der Waals surface area contributed by atoms with E-state index >= 15 is 0 Å². The molecule has 2 aromatic rings. The first kappa shape index (κ1) is 25.3. The van der Waals surface area contributed by atoms with Crippen LogP contribution in [-0.4, -0.2) is 52.8 Å². The molecule has 1 aliphatic rings. The lowest BCUT2D eigenvalue weighted by molar-refractivity contribution is -0.148. The van der Waals surface area contributed by atoms with Crippen LogP contribution in [-0.2, 0) is 16.1 Å². The van der Waals surface area contributed by atoms with Gasteiger partial charge in [-0.2, -0.15) is 15.5 Å². The average Bonchev–Trinajstić information content (AvgIpc) is 3.55. The van der Waals surface area contributed by atoms with Gasteiger partial charge in [0.15, 0.2) is 0 Å². The van der Waals surface area contributed by atoms with Gasteiger partial charge in [-0.05, 0) is 63.3 Å². The molecule has 1 aromatic carbocycles. The molecule has 0 saturated heterocycles. The van der Waals surface area contributed by atoms with Gasteiger partial charge < -0.3 is 9.47 Å². The predicted molar refractivity (Wildman–Crippen MR) is 133 cm³/mol. The number of halogens is 1. The van der Waals surface area contributed by atoms with Gasteiger partial charge in [-0.15, -0.1) is 0 Å². The maximum atomic E-state index is 12.1. The number of hydrazone groups is 1. The molecule has 1 aliphatic carbocycles. The first-order valence-corrected chi connectivity index (χ1v) is 11.6. The van der Waals surface area contributed by atoms with E-state index in [1.165, 1.54) is 17.9 Å². The number of carbonyl (C=O) groups excluding carboxylic acids is 1. The maximum Gasteiger partial charge on any atom is 0.330 e. The van der Waals surface area contributed by atoms with Crippen LogP contribution in [0.25, 0.3) is 10.9 Å². The van der Waals surface area contributed by atoms with E-state index in [-0.39, 0.29) is 12.5 Å². The van der Waals surface area contributed by atoms with Crippen LogP contribution in [0.4, 0.5) is 0 Å². The third-order valence-corrected chi connectivity index (χ3v) is 5.79. The van der Waals surface area contributed by atoms with E-state index in [4.69, 9.17) is 21.1 Å². The zero-order valence-corrected chi connectivity index (χ0v) is 20.8. The summed E-state index contributed by atoms with van der Waals surface area (Å²) in [5.74, 6) is 0.897. The average molecular weight is 484 g/mol. The van der Waals surface area contributed by atoms with Gasteiger partial charge in [0.2, 0.25) is 0 Å². The smallest absolute Gasteiger partial charge is 0.330 e. The van der Waals surface area contributed by atoms with Crippen LogP contribution in [0.1, 0.15) is 33.6 Å². The second-order valence-electron chi connectivity index (χ2n) is 8.44. The minimum absolute atomic E-state index is 0.276. The number of aromatic nitrogens is 2. The molecule has 0 aliphatic heterocycles. The summed E-state index contributed by atoms with van der Waals surface area (Å²) >= 11 is 6.40. The van der Waals surface area contributed by atoms with Crippen molar-refractivity contribution >= 4 is 34.2 Å². The number of hydrogen-bond donors (Lipinski definition) is 0. The summed E-state index contributed by atoms with van der Waals surface area (Å²) in [6, 6.07) is 5.18. The summed E-state index contributed by atoms with van der Waals surface area (Å²) in [6.45, 7) is 10.5. The highest BCUT2D eigenvalue weighted by Gasteiger charge is 2.23. The molecule has 0 radical (unpaired) electrons. The predicted octanol–water partition coefficient (Wildman–Crippen LogP) is 4.74. The van der Waals surface area contributed by atoms with Gasteiger partial charge in [0.1, 0.15) is 11.8 Å². The first-order valence-electron chi connectivity index (χ1n) is 11.3. The number of likely N-dealkylation sites (N-methyl/N-ethyl adjacent to an activating group) is 1. The molecule has 1 fully saturated rings. The monoisotopic (exact) mass is 483 g/mol. The zero-order chi connectivity index (χ0) is 24.8. The number of allylic oxidation sites excluding steroid dienone is 3. The molecule has 180 valence electrons. The molecule has 1 atom stereocenters. The Morgan fingerprint density at radius 1 is 1.50 bits per heavy atom. The number of esters is 1. The van der Waals surface area contributed by atoms with Gasteiger partial charge in [-0.25, -0.2) is 4.79 Å². The fourth-order valence-corrected chi connectivity index (χ4v) is 3.39. The van der Waals surface area contributed by atoms with E-state index in [1.54, 1.807) is 44.6 Å². The Morgan fingerprint density at radius 3 is 2.88 bits per heavy atom. The molecule has 1 saturated carbocycles. The van der Waals surface area contributed by atoms with E-state index in [9.17, 15) is 10.1 Å². The number of ether oxygens (including phenoxy) is 2. The Labute approximate surface area is 205 Å². The van der Waals surface area contributed by atoms with Gasteiger partial charge in [0, 0.05) is 24.2 Å². The minimum Gasteiger partial charge on any atom is -0.492 e. The number of fused-ring (bicyclic) bond motifs is 1. The number of carbonyl (C=O) groups is 1. The lowest BCUT2D eigenvalue weighted by atomic mass is 10.1. The standard InChI is InChI=1S/C25H30ClN5O3/c1-6-33-25(32)18(4)30(5)28-23(17(3)9-16(2)12-27)14-31-13-20-10-24(34-15-19-7-8-19)21(26)11-22(20)29-31/h9-11,13,18-19H,3,6-8,14-15H2,1-2,4-5H3/b16-9+,28-23-. The summed E-state index contributed by atoms with van der Waals surface area (Å²) in [4.78, 5) is 12.1. The molecule has 9 heteroatoms. The van der Waals surface area contributed by atoms with E-state index < -0.39 is 6.04 Å².